The highest BCUT2D eigenvalue weighted by atomic mass is 16.7. The molecule has 1 aromatic rings. The lowest BCUT2D eigenvalue weighted by atomic mass is 10.0. The van der Waals surface area contributed by atoms with Crippen molar-refractivity contribution >= 4 is 6.16 Å². The fraction of sp³-hybridized carbons (Fsp3) is 0.708. The standard InChI is InChI=1S/C24H40O3/c1-3-5-7-9-11-16-20-23(22-18-14-13-15-19-22)27-24(25)26-21-17-12-10-8-6-4-2/h13-15,18-19,23H,3-12,16-17,20-21H2,1-2H3. The van der Waals surface area contributed by atoms with E-state index in [0.717, 1.165) is 31.2 Å². The number of hydrogen-bond acceptors (Lipinski definition) is 3. The number of unbranched alkanes of at least 4 members (excludes halogenated alkanes) is 10. The lowest BCUT2D eigenvalue weighted by Gasteiger charge is -2.18. The summed E-state index contributed by atoms with van der Waals surface area (Å²) < 4.78 is 10.9. The number of hydrogen-bond donors (Lipinski definition) is 0. The van der Waals surface area contributed by atoms with Gasteiger partial charge in [-0.3, -0.25) is 0 Å². The van der Waals surface area contributed by atoms with Crippen molar-refractivity contribution in [2.24, 2.45) is 0 Å². The third-order valence-corrected chi connectivity index (χ3v) is 4.95. The molecule has 0 aliphatic heterocycles. The van der Waals surface area contributed by atoms with E-state index in [1.165, 1.54) is 57.8 Å². The van der Waals surface area contributed by atoms with Gasteiger partial charge >= 0.3 is 6.16 Å². The number of benzene rings is 1. The summed E-state index contributed by atoms with van der Waals surface area (Å²) in [5.41, 5.74) is 1.06. The predicted molar refractivity (Wildman–Crippen MR) is 113 cm³/mol. The van der Waals surface area contributed by atoms with Gasteiger partial charge in [0, 0.05) is 0 Å². The largest absolute Gasteiger partial charge is 0.508 e. The van der Waals surface area contributed by atoms with Crippen LogP contribution in [0.15, 0.2) is 30.3 Å². The maximum absolute atomic E-state index is 12.1. The molecule has 0 bridgehead atoms. The van der Waals surface area contributed by atoms with Gasteiger partial charge in [-0.1, -0.05) is 108 Å². The quantitative estimate of drug-likeness (QED) is 0.216. The summed E-state index contributed by atoms with van der Waals surface area (Å²) in [5, 5.41) is 0. The second kappa shape index (κ2) is 16.6. The van der Waals surface area contributed by atoms with Crippen LogP contribution in [0.4, 0.5) is 4.79 Å². The number of rotatable bonds is 16. The summed E-state index contributed by atoms with van der Waals surface area (Å²) in [7, 11) is 0. The third-order valence-electron chi connectivity index (χ3n) is 4.95. The Labute approximate surface area is 166 Å². The van der Waals surface area contributed by atoms with Crippen LogP contribution >= 0.6 is 0 Å². The number of carbonyl (C=O) groups excluding carboxylic acids is 1. The van der Waals surface area contributed by atoms with E-state index >= 15 is 0 Å². The van der Waals surface area contributed by atoms with E-state index < -0.39 is 6.16 Å². The topological polar surface area (TPSA) is 35.5 Å². The zero-order chi connectivity index (χ0) is 19.6. The van der Waals surface area contributed by atoms with Gasteiger partial charge in [-0.15, -0.1) is 0 Å². The molecular weight excluding hydrogens is 336 g/mol. The average molecular weight is 377 g/mol. The zero-order valence-corrected chi connectivity index (χ0v) is 17.6. The van der Waals surface area contributed by atoms with Crippen LogP contribution in [-0.2, 0) is 9.47 Å². The van der Waals surface area contributed by atoms with E-state index in [2.05, 4.69) is 13.8 Å². The van der Waals surface area contributed by atoms with Crippen molar-refractivity contribution in [2.45, 2.75) is 103 Å². The van der Waals surface area contributed by atoms with Crippen LogP contribution < -0.4 is 0 Å². The summed E-state index contributed by atoms with van der Waals surface area (Å²) in [5.74, 6) is 0. The summed E-state index contributed by atoms with van der Waals surface area (Å²) in [6, 6.07) is 10.0. The Kier molecular flexibility index (Phi) is 14.5. The van der Waals surface area contributed by atoms with Gasteiger partial charge in [0.25, 0.3) is 0 Å². The highest BCUT2D eigenvalue weighted by molar-refractivity contribution is 5.60. The molecule has 0 heterocycles. The molecule has 1 unspecified atom stereocenters. The normalized spacial score (nSPS) is 11.9. The Bertz CT molecular complexity index is 458. The van der Waals surface area contributed by atoms with Gasteiger partial charge in [-0.05, 0) is 24.8 Å². The lowest BCUT2D eigenvalue weighted by Crippen LogP contribution is -2.14. The van der Waals surface area contributed by atoms with Crippen LogP contribution in [0.2, 0.25) is 0 Å². The minimum atomic E-state index is -0.525. The SMILES string of the molecule is CCCCCCCCOC(=O)OC(CCCCCCCC)c1ccccc1. The van der Waals surface area contributed by atoms with Crippen molar-refractivity contribution in [2.75, 3.05) is 6.61 Å². The van der Waals surface area contributed by atoms with Gasteiger partial charge < -0.3 is 9.47 Å². The van der Waals surface area contributed by atoms with Gasteiger partial charge in [-0.25, -0.2) is 4.79 Å². The molecule has 1 rings (SSSR count). The molecule has 1 atom stereocenters. The van der Waals surface area contributed by atoms with E-state index in [-0.39, 0.29) is 6.10 Å². The molecule has 0 saturated carbocycles. The van der Waals surface area contributed by atoms with Crippen LogP contribution in [-0.4, -0.2) is 12.8 Å². The maximum atomic E-state index is 12.1. The van der Waals surface area contributed by atoms with Crippen LogP contribution in [0.25, 0.3) is 0 Å². The summed E-state index contributed by atoms with van der Waals surface area (Å²) in [6.07, 6.45) is 14.6. The molecule has 3 heteroatoms. The Morgan fingerprint density at radius 3 is 1.96 bits per heavy atom. The molecule has 0 aliphatic rings. The molecule has 0 amide bonds. The molecule has 0 aromatic heterocycles. The molecule has 154 valence electrons. The van der Waals surface area contributed by atoms with Crippen LogP contribution in [0.3, 0.4) is 0 Å². The number of carbonyl (C=O) groups is 1. The Morgan fingerprint density at radius 2 is 1.33 bits per heavy atom. The Balaban J connectivity index is 2.30. The highest BCUT2D eigenvalue weighted by Gasteiger charge is 2.17. The Hall–Kier alpha value is -1.51. The minimum Gasteiger partial charge on any atom is -0.434 e. The van der Waals surface area contributed by atoms with Crippen LogP contribution in [0.5, 0.6) is 0 Å². The van der Waals surface area contributed by atoms with Crippen molar-refractivity contribution in [3.05, 3.63) is 35.9 Å². The van der Waals surface area contributed by atoms with E-state index in [9.17, 15) is 4.79 Å². The Morgan fingerprint density at radius 1 is 0.778 bits per heavy atom. The second-order valence-corrected chi connectivity index (χ2v) is 7.44. The minimum absolute atomic E-state index is 0.200. The summed E-state index contributed by atoms with van der Waals surface area (Å²) >= 11 is 0. The lowest BCUT2D eigenvalue weighted by molar-refractivity contribution is 0.0182. The highest BCUT2D eigenvalue weighted by Crippen LogP contribution is 2.25. The predicted octanol–water partition coefficient (Wildman–Crippen LogP) is 7.99. The van der Waals surface area contributed by atoms with Gasteiger partial charge in [-0.2, -0.15) is 0 Å². The first kappa shape index (κ1) is 23.5. The van der Waals surface area contributed by atoms with Crippen LogP contribution in [0, 0.1) is 0 Å². The summed E-state index contributed by atoms with van der Waals surface area (Å²) in [6.45, 7) is 4.91. The van der Waals surface area contributed by atoms with Gasteiger partial charge in [0.1, 0.15) is 6.10 Å². The van der Waals surface area contributed by atoms with Crippen molar-refractivity contribution in [1.82, 2.24) is 0 Å². The third kappa shape index (κ3) is 12.5. The molecule has 1 aromatic carbocycles. The molecule has 0 N–H and O–H groups in total. The van der Waals surface area contributed by atoms with Crippen molar-refractivity contribution < 1.29 is 14.3 Å². The molecule has 3 nitrogen and oxygen atoms in total. The van der Waals surface area contributed by atoms with Gasteiger partial charge in [0.2, 0.25) is 0 Å². The molecule has 0 aliphatic carbocycles. The fourth-order valence-electron chi connectivity index (χ4n) is 3.26. The molecule has 0 spiro atoms. The molecule has 0 fully saturated rings. The van der Waals surface area contributed by atoms with E-state index in [1.54, 1.807) is 0 Å². The van der Waals surface area contributed by atoms with Gasteiger partial charge in [0.15, 0.2) is 0 Å². The first-order valence-corrected chi connectivity index (χ1v) is 11.2. The maximum Gasteiger partial charge on any atom is 0.508 e. The molecule has 27 heavy (non-hydrogen) atoms. The second-order valence-electron chi connectivity index (χ2n) is 7.44. The molecule has 0 saturated heterocycles. The average Bonchev–Trinajstić information content (AvgIpc) is 2.69. The fourth-order valence-corrected chi connectivity index (χ4v) is 3.26. The van der Waals surface area contributed by atoms with E-state index in [1.807, 2.05) is 30.3 Å². The summed E-state index contributed by atoms with van der Waals surface area (Å²) in [4.78, 5) is 12.1. The van der Waals surface area contributed by atoms with E-state index in [4.69, 9.17) is 9.47 Å². The first-order valence-electron chi connectivity index (χ1n) is 11.2. The van der Waals surface area contributed by atoms with Crippen molar-refractivity contribution in [1.29, 1.82) is 0 Å². The first-order chi connectivity index (χ1) is 13.3. The zero-order valence-electron chi connectivity index (χ0n) is 17.6. The smallest absolute Gasteiger partial charge is 0.434 e. The van der Waals surface area contributed by atoms with Crippen molar-refractivity contribution in [3.63, 3.8) is 0 Å². The monoisotopic (exact) mass is 376 g/mol. The van der Waals surface area contributed by atoms with E-state index in [0.29, 0.717) is 6.61 Å². The van der Waals surface area contributed by atoms with Crippen molar-refractivity contribution in [3.8, 4) is 0 Å². The number of ether oxygens (including phenoxy) is 2. The molecule has 0 radical (unpaired) electrons. The van der Waals surface area contributed by atoms with Gasteiger partial charge in [0.05, 0.1) is 6.61 Å². The van der Waals surface area contributed by atoms with Crippen LogP contribution in [0.1, 0.15) is 109 Å². The molecular formula is C24H40O3.